The van der Waals surface area contributed by atoms with Gasteiger partial charge in [0.2, 0.25) is 5.78 Å². The first-order valence-corrected chi connectivity index (χ1v) is 7.98. The Bertz CT molecular complexity index is 808. The highest BCUT2D eigenvalue weighted by molar-refractivity contribution is 7.08. The molecule has 5 nitrogen and oxygen atoms in total. The Morgan fingerprint density at radius 2 is 2.04 bits per heavy atom. The van der Waals surface area contributed by atoms with Crippen molar-refractivity contribution in [3.8, 4) is 6.07 Å². The van der Waals surface area contributed by atoms with Crippen LogP contribution in [0.15, 0.2) is 22.4 Å². The summed E-state index contributed by atoms with van der Waals surface area (Å²) in [6.45, 7) is 5.31. The molecule has 0 saturated carbocycles. The third kappa shape index (κ3) is 3.41. The Morgan fingerprint density at radius 3 is 2.61 bits per heavy atom. The summed E-state index contributed by atoms with van der Waals surface area (Å²) in [6, 6.07) is 3.74. The van der Waals surface area contributed by atoms with Crippen LogP contribution in [0.3, 0.4) is 0 Å². The van der Waals surface area contributed by atoms with Gasteiger partial charge in [-0.25, -0.2) is 4.79 Å². The SMILES string of the molecule is CCOC(=O)c1c(C)[nH]c(C)c1C(=O)/C(C#N)=C/c1ccsc1. The van der Waals surface area contributed by atoms with Crippen LogP contribution in [0.1, 0.15) is 44.6 Å². The molecule has 0 saturated heterocycles. The number of hydrogen-bond acceptors (Lipinski definition) is 5. The summed E-state index contributed by atoms with van der Waals surface area (Å²) >= 11 is 1.48. The van der Waals surface area contributed by atoms with Gasteiger partial charge in [-0.3, -0.25) is 4.79 Å². The Morgan fingerprint density at radius 1 is 1.35 bits per heavy atom. The lowest BCUT2D eigenvalue weighted by Gasteiger charge is -2.05. The van der Waals surface area contributed by atoms with Crippen molar-refractivity contribution in [2.24, 2.45) is 0 Å². The van der Waals surface area contributed by atoms with Crippen molar-refractivity contribution < 1.29 is 14.3 Å². The van der Waals surface area contributed by atoms with Crippen LogP contribution in [-0.2, 0) is 4.74 Å². The molecule has 0 aliphatic heterocycles. The average Bonchev–Trinajstić information content (AvgIpc) is 3.11. The first kappa shape index (κ1) is 16.7. The van der Waals surface area contributed by atoms with E-state index in [1.54, 1.807) is 20.8 Å². The Hall–Kier alpha value is -2.65. The predicted octanol–water partition coefficient (Wildman–Crippen LogP) is 3.66. The number of carbonyl (C=O) groups is 2. The number of nitrogens with zero attached hydrogens (tertiary/aromatic N) is 1. The molecule has 2 aromatic rings. The van der Waals surface area contributed by atoms with E-state index in [1.165, 1.54) is 17.4 Å². The monoisotopic (exact) mass is 328 g/mol. The van der Waals surface area contributed by atoms with Gasteiger partial charge in [0, 0.05) is 11.4 Å². The van der Waals surface area contributed by atoms with Gasteiger partial charge in [0.15, 0.2) is 0 Å². The van der Waals surface area contributed by atoms with Crippen LogP contribution in [0, 0.1) is 25.2 Å². The predicted molar refractivity (Wildman–Crippen MR) is 88.5 cm³/mol. The Balaban J connectivity index is 2.51. The van der Waals surface area contributed by atoms with Crippen LogP contribution in [0.4, 0.5) is 0 Å². The number of rotatable bonds is 5. The number of Topliss-reactive ketones (excluding diaryl/α,β-unsaturated/α-hetero) is 1. The number of allylic oxidation sites excluding steroid dienone is 1. The average molecular weight is 328 g/mol. The zero-order chi connectivity index (χ0) is 17.0. The number of ether oxygens (including phenoxy) is 1. The van der Waals surface area contributed by atoms with Gasteiger partial charge in [-0.05, 0) is 49.2 Å². The van der Waals surface area contributed by atoms with Gasteiger partial charge in [-0.2, -0.15) is 16.6 Å². The summed E-state index contributed by atoms with van der Waals surface area (Å²) in [5, 5.41) is 13.0. The van der Waals surface area contributed by atoms with Crippen molar-refractivity contribution in [1.29, 1.82) is 5.26 Å². The molecule has 0 aliphatic carbocycles. The Kier molecular flexibility index (Phi) is 5.14. The van der Waals surface area contributed by atoms with Gasteiger partial charge >= 0.3 is 5.97 Å². The molecule has 0 aliphatic rings. The van der Waals surface area contributed by atoms with E-state index in [9.17, 15) is 14.9 Å². The molecule has 23 heavy (non-hydrogen) atoms. The normalized spacial score (nSPS) is 11.1. The number of nitriles is 1. The highest BCUT2D eigenvalue weighted by Gasteiger charge is 2.27. The van der Waals surface area contributed by atoms with E-state index in [0.29, 0.717) is 11.4 Å². The van der Waals surface area contributed by atoms with Crippen LogP contribution in [0.5, 0.6) is 0 Å². The number of hydrogen-bond donors (Lipinski definition) is 1. The minimum atomic E-state index is -0.564. The molecule has 2 heterocycles. The Labute approximate surface area is 138 Å². The van der Waals surface area contributed by atoms with Gasteiger partial charge < -0.3 is 9.72 Å². The lowest BCUT2D eigenvalue weighted by molar-refractivity contribution is 0.0523. The molecule has 118 valence electrons. The molecule has 2 rings (SSSR count). The van der Waals surface area contributed by atoms with Crippen molar-refractivity contribution >= 4 is 29.2 Å². The molecular formula is C17H16N2O3S. The molecule has 0 spiro atoms. The fourth-order valence-electron chi connectivity index (χ4n) is 2.33. The molecule has 0 unspecified atom stereocenters. The minimum absolute atomic E-state index is 0.0175. The first-order valence-electron chi connectivity index (χ1n) is 7.04. The second-order valence-corrected chi connectivity index (χ2v) is 5.68. The molecule has 6 heteroatoms. The van der Waals surface area contributed by atoms with Crippen molar-refractivity contribution in [3.63, 3.8) is 0 Å². The van der Waals surface area contributed by atoms with Gasteiger partial charge in [0.1, 0.15) is 11.6 Å². The first-order chi connectivity index (χ1) is 11.0. The highest BCUT2D eigenvalue weighted by atomic mass is 32.1. The van der Waals surface area contributed by atoms with Crippen molar-refractivity contribution in [3.05, 3.63) is 50.5 Å². The zero-order valence-corrected chi connectivity index (χ0v) is 13.9. The molecule has 2 aromatic heterocycles. The van der Waals surface area contributed by atoms with Gasteiger partial charge in [0.25, 0.3) is 0 Å². The third-order valence-electron chi connectivity index (χ3n) is 3.30. The number of thiophene rings is 1. The molecular weight excluding hydrogens is 312 g/mol. The summed E-state index contributed by atoms with van der Waals surface area (Å²) in [4.78, 5) is 27.9. The lowest BCUT2D eigenvalue weighted by Crippen LogP contribution is -2.13. The summed E-state index contributed by atoms with van der Waals surface area (Å²) in [7, 11) is 0. The molecule has 0 amide bonds. The van der Waals surface area contributed by atoms with E-state index < -0.39 is 11.8 Å². The number of carbonyl (C=O) groups excluding carboxylic acids is 2. The number of aromatic amines is 1. The van der Waals surface area contributed by atoms with Crippen molar-refractivity contribution in [2.75, 3.05) is 6.61 Å². The number of aryl methyl sites for hydroxylation is 2. The smallest absolute Gasteiger partial charge is 0.340 e. The number of aromatic nitrogens is 1. The molecule has 0 atom stereocenters. The van der Waals surface area contributed by atoms with E-state index in [0.717, 1.165) is 5.56 Å². The van der Waals surface area contributed by atoms with E-state index in [2.05, 4.69) is 4.98 Å². The van der Waals surface area contributed by atoms with Crippen LogP contribution in [0.25, 0.3) is 6.08 Å². The fourth-order valence-corrected chi connectivity index (χ4v) is 2.95. The zero-order valence-electron chi connectivity index (χ0n) is 13.1. The van der Waals surface area contributed by atoms with Crippen molar-refractivity contribution in [2.45, 2.75) is 20.8 Å². The molecule has 0 bridgehead atoms. The topological polar surface area (TPSA) is 83.0 Å². The van der Waals surface area contributed by atoms with Crippen molar-refractivity contribution in [1.82, 2.24) is 4.98 Å². The summed E-state index contributed by atoms with van der Waals surface area (Å²) < 4.78 is 5.02. The molecule has 0 radical (unpaired) electrons. The highest BCUT2D eigenvalue weighted by Crippen LogP contribution is 2.24. The maximum atomic E-state index is 12.8. The molecule has 0 fully saturated rings. The van der Waals surface area contributed by atoms with Crippen LogP contribution < -0.4 is 0 Å². The van der Waals surface area contributed by atoms with Crippen LogP contribution in [0.2, 0.25) is 0 Å². The summed E-state index contributed by atoms with van der Waals surface area (Å²) in [5.41, 5.74) is 2.25. The van der Waals surface area contributed by atoms with Crippen LogP contribution in [-0.4, -0.2) is 23.3 Å². The van der Waals surface area contributed by atoms with E-state index >= 15 is 0 Å². The maximum absolute atomic E-state index is 12.8. The van der Waals surface area contributed by atoms with Gasteiger partial charge in [-0.1, -0.05) is 0 Å². The largest absolute Gasteiger partial charge is 0.462 e. The molecule has 0 aromatic carbocycles. The van der Waals surface area contributed by atoms with E-state index in [-0.39, 0.29) is 23.3 Å². The maximum Gasteiger partial charge on any atom is 0.340 e. The minimum Gasteiger partial charge on any atom is -0.462 e. The van der Waals surface area contributed by atoms with E-state index in [4.69, 9.17) is 4.74 Å². The second-order valence-electron chi connectivity index (χ2n) is 4.90. The van der Waals surface area contributed by atoms with E-state index in [1.807, 2.05) is 22.9 Å². The number of nitrogens with one attached hydrogen (secondary N) is 1. The summed E-state index contributed by atoms with van der Waals surface area (Å²) in [6.07, 6.45) is 1.52. The van der Waals surface area contributed by atoms with Gasteiger partial charge in [0.05, 0.1) is 17.7 Å². The van der Waals surface area contributed by atoms with Gasteiger partial charge in [-0.15, -0.1) is 0 Å². The second kappa shape index (κ2) is 7.07. The lowest BCUT2D eigenvalue weighted by atomic mass is 9.98. The third-order valence-corrected chi connectivity index (χ3v) is 4.00. The fraction of sp³-hybridized carbons (Fsp3) is 0.235. The quantitative estimate of drug-likeness (QED) is 0.393. The number of H-pyrrole nitrogens is 1. The van der Waals surface area contributed by atoms with Crippen LogP contribution >= 0.6 is 11.3 Å². The number of ketones is 1. The summed E-state index contributed by atoms with van der Waals surface area (Å²) in [5.74, 6) is -1.05. The molecule has 1 N–H and O–H groups in total. The number of esters is 1. The standard InChI is InChI=1S/C17H16N2O3S/c1-4-22-17(21)15-11(3)19-10(2)14(15)16(20)13(8-18)7-12-5-6-23-9-12/h5-7,9,19H,4H2,1-3H3/b13-7+.